The number of fused-ring (bicyclic) bond motifs is 1. The van der Waals surface area contributed by atoms with Gasteiger partial charge in [0.2, 0.25) is 0 Å². The minimum absolute atomic E-state index is 0.101. The largest absolute Gasteiger partial charge is 0.374 e. The van der Waals surface area contributed by atoms with E-state index in [9.17, 15) is 4.79 Å². The number of hydrogen-bond donors (Lipinski definition) is 0. The lowest BCUT2D eigenvalue weighted by atomic mass is 10.1. The van der Waals surface area contributed by atoms with E-state index >= 15 is 0 Å². The van der Waals surface area contributed by atoms with Crippen LogP contribution in [0.25, 0.3) is 5.57 Å². The summed E-state index contributed by atoms with van der Waals surface area (Å²) in [7, 11) is 1.84. The SMILES string of the molecule is CCN1CCN(/C=C2\C(=O)N(C)c3ccccc32)CC1. The van der Waals surface area contributed by atoms with Gasteiger partial charge in [-0.2, -0.15) is 0 Å². The summed E-state index contributed by atoms with van der Waals surface area (Å²) in [6.45, 7) is 7.44. The van der Waals surface area contributed by atoms with Gasteiger partial charge in [-0.15, -0.1) is 0 Å². The van der Waals surface area contributed by atoms with E-state index in [0.717, 1.165) is 49.5 Å². The first-order valence-corrected chi connectivity index (χ1v) is 7.26. The average Bonchev–Trinajstić information content (AvgIpc) is 2.74. The second-order valence-corrected chi connectivity index (χ2v) is 5.39. The first kappa shape index (κ1) is 13.2. The Morgan fingerprint density at radius 1 is 1.15 bits per heavy atom. The number of nitrogens with zero attached hydrogens (tertiary/aromatic N) is 3. The predicted octanol–water partition coefficient (Wildman–Crippen LogP) is 1.64. The first-order chi connectivity index (χ1) is 9.70. The molecule has 1 amide bonds. The van der Waals surface area contributed by atoms with E-state index in [0.29, 0.717) is 0 Å². The Morgan fingerprint density at radius 3 is 2.55 bits per heavy atom. The van der Waals surface area contributed by atoms with Crippen LogP contribution < -0.4 is 4.90 Å². The highest BCUT2D eigenvalue weighted by atomic mass is 16.2. The van der Waals surface area contributed by atoms with Crippen LogP contribution in [0.15, 0.2) is 30.5 Å². The zero-order chi connectivity index (χ0) is 14.1. The quantitative estimate of drug-likeness (QED) is 0.765. The summed E-state index contributed by atoms with van der Waals surface area (Å²) in [5, 5.41) is 0. The van der Waals surface area contributed by atoms with Crippen LogP contribution in [0.1, 0.15) is 12.5 Å². The fourth-order valence-corrected chi connectivity index (χ4v) is 2.92. The number of carbonyl (C=O) groups is 1. The second kappa shape index (κ2) is 5.29. The van der Waals surface area contributed by atoms with Crippen LogP contribution in [0.2, 0.25) is 0 Å². The Balaban J connectivity index is 1.84. The van der Waals surface area contributed by atoms with Crippen LogP contribution in [-0.4, -0.2) is 55.5 Å². The molecule has 0 aromatic heterocycles. The topological polar surface area (TPSA) is 26.8 Å². The third-order valence-electron chi connectivity index (χ3n) is 4.26. The zero-order valence-electron chi connectivity index (χ0n) is 12.2. The van der Waals surface area contributed by atoms with E-state index in [-0.39, 0.29) is 5.91 Å². The van der Waals surface area contributed by atoms with Crippen LogP contribution in [0.5, 0.6) is 0 Å². The number of likely N-dealkylation sites (N-methyl/N-ethyl adjacent to an activating group) is 2. The number of para-hydroxylation sites is 1. The van der Waals surface area contributed by atoms with Gasteiger partial charge in [-0.1, -0.05) is 25.1 Å². The van der Waals surface area contributed by atoms with Crippen molar-refractivity contribution in [1.29, 1.82) is 0 Å². The minimum atomic E-state index is 0.101. The van der Waals surface area contributed by atoms with Crippen molar-refractivity contribution in [3.05, 3.63) is 36.0 Å². The van der Waals surface area contributed by atoms with Crippen LogP contribution >= 0.6 is 0 Å². The third kappa shape index (κ3) is 2.20. The van der Waals surface area contributed by atoms with Crippen LogP contribution in [0.4, 0.5) is 5.69 Å². The molecular formula is C16H21N3O. The van der Waals surface area contributed by atoms with Crippen molar-refractivity contribution in [3.63, 3.8) is 0 Å². The molecule has 1 aromatic rings. The van der Waals surface area contributed by atoms with Gasteiger partial charge in [-0.25, -0.2) is 0 Å². The maximum Gasteiger partial charge on any atom is 0.260 e. The van der Waals surface area contributed by atoms with Gasteiger partial charge < -0.3 is 14.7 Å². The number of amides is 1. The van der Waals surface area contributed by atoms with Gasteiger partial charge in [0, 0.05) is 45.0 Å². The highest BCUT2D eigenvalue weighted by Crippen LogP contribution is 2.35. The van der Waals surface area contributed by atoms with Gasteiger partial charge >= 0.3 is 0 Å². The molecule has 2 aliphatic rings. The van der Waals surface area contributed by atoms with Gasteiger partial charge in [-0.05, 0) is 12.6 Å². The highest BCUT2D eigenvalue weighted by Gasteiger charge is 2.30. The Kier molecular flexibility index (Phi) is 3.49. The molecule has 0 N–H and O–H groups in total. The average molecular weight is 271 g/mol. The molecule has 0 saturated carbocycles. The Bertz CT molecular complexity index is 544. The van der Waals surface area contributed by atoms with E-state index in [2.05, 4.69) is 22.9 Å². The molecule has 1 saturated heterocycles. The van der Waals surface area contributed by atoms with Gasteiger partial charge in [0.25, 0.3) is 5.91 Å². The van der Waals surface area contributed by atoms with Crippen molar-refractivity contribution in [3.8, 4) is 0 Å². The van der Waals surface area contributed by atoms with Crippen molar-refractivity contribution in [2.45, 2.75) is 6.92 Å². The van der Waals surface area contributed by atoms with E-state index in [1.54, 1.807) is 4.90 Å². The predicted molar refractivity (Wildman–Crippen MR) is 81.5 cm³/mol. The third-order valence-corrected chi connectivity index (χ3v) is 4.26. The van der Waals surface area contributed by atoms with Crippen LogP contribution in [0, 0.1) is 0 Å². The molecule has 2 aliphatic heterocycles. The summed E-state index contributed by atoms with van der Waals surface area (Å²) in [6, 6.07) is 8.01. The second-order valence-electron chi connectivity index (χ2n) is 5.39. The Hall–Kier alpha value is -1.81. The van der Waals surface area contributed by atoms with E-state index in [1.807, 2.05) is 31.3 Å². The number of piperazine rings is 1. The maximum absolute atomic E-state index is 12.4. The molecule has 0 unspecified atom stereocenters. The fraction of sp³-hybridized carbons (Fsp3) is 0.438. The normalized spacial score (nSPS) is 21.7. The maximum atomic E-state index is 12.4. The van der Waals surface area contributed by atoms with Crippen LogP contribution in [-0.2, 0) is 4.79 Å². The fourth-order valence-electron chi connectivity index (χ4n) is 2.92. The monoisotopic (exact) mass is 271 g/mol. The Morgan fingerprint density at radius 2 is 1.85 bits per heavy atom. The molecule has 0 atom stereocenters. The lowest BCUT2D eigenvalue weighted by Crippen LogP contribution is -2.44. The molecule has 20 heavy (non-hydrogen) atoms. The summed E-state index contributed by atoms with van der Waals surface area (Å²) in [4.78, 5) is 18.8. The standard InChI is InChI=1S/C16H21N3O/c1-3-18-8-10-19(11-9-18)12-14-13-6-4-5-7-15(13)17(2)16(14)20/h4-7,12H,3,8-11H2,1-2H3/b14-12-. The van der Waals surface area contributed by atoms with E-state index < -0.39 is 0 Å². The minimum Gasteiger partial charge on any atom is -0.374 e. The van der Waals surface area contributed by atoms with Crippen molar-refractivity contribution in [2.24, 2.45) is 0 Å². The van der Waals surface area contributed by atoms with Crippen molar-refractivity contribution < 1.29 is 4.79 Å². The number of carbonyl (C=O) groups excluding carboxylic acids is 1. The lowest BCUT2D eigenvalue weighted by Gasteiger charge is -2.33. The summed E-state index contributed by atoms with van der Waals surface area (Å²) in [5.74, 6) is 0.101. The molecule has 2 heterocycles. The summed E-state index contributed by atoms with van der Waals surface area (Å²) < 4.78 is 0. The molecule has 0 aliphatic carbocycles. The van der Waals surface area contributed by atoms with Crippen molar-refractivity contribution >= 4 is 17.2 Å². The van der Waals surface area contributed by atoms with Crippen molar-refractivity contribution in [1.82, 2.24) is 9.80 Å². The summed E-state index contributed by atoms with van der Waals surface area (Å²) in [5.41, 5.74) is 2.89. The molecule has 1 aromatic carbocycles. The van der Waals surface area contributed by atoms with Crippen LogP contribution in [0.3, 0.4) is 0 Å². The van der Waals surface area contributed by atoms with Gasteiger partial charge in [0.15, 0.2) is 0 Å². The molecule has 0 radical (unpaired) electrons. The van der Waals surface area contributed by atoms with E-state index in [4.69, 9.17) is 0 Å². The molecular weight excluding hydrogens is 250 g/mol. The molecule has 1 fully saturated rings. The van der Waals surface area contributed by atoms with Gasteiger partial charge in [0.1, 0.15) is 0 Å². The molecule has 0 bridgehead atoms. The van der Waals surface area contributed by atoms with Gasteiger partial charge in [0.05, 0.1) is 11.3 Å². The number of rotatable bonds is 2. The zero-order valence-corrected chi connectivity index (χ0v) is 12.2. The molecule has 4 heteroatoms. The molecule has 106 valence electrons. The molecule has 4 nitrogen and oxygen atoms in total. The van der Waals surface area contributed by atoms with Gasteiger partial charge in [-0.3, -0.25) is 4.79 Å². The smallest absolute Gasteiger partial charge is 0.260 e. The summed E-state index contributed by atoms with van der Waals surface area (Å²) in [6.07, 6.45) is 2.05. The molecule has 0 spiro atoms. The number of benzene rings is 1. The van der Waals surface area contributed by atoms with E-state index in [1.165, 1.54) is 0 Å². The number of anilines is 1. The molecule has 3 rings (SSSR count). The number of hydrogen-bond acceptors (Lipinski definition) is 3. The lowest BCUT2D eigenvalue weighted by molar-refractivity contribution is -0.112. The summed E-state index contributed by atoms with van der Waals surface area (Å²) >= 11 is 0. The van der Waals surface area contributed by atoms with Crippen molar-refractivity contribution in [2.75, 3.05) is 44.7 Å². The highest BCUT2D eigenvalue weighted by molar-refractivity contribution is 6.32. The Labute approximate surface area is 120 Å². The first-order valence-electron chi connectivity index (χ1n) is 7.26.